The van der Waals surface area contributed by atoms with Gasteiger partial charge in [0.15, 0.2) is 6.29 Å². The summed E-state index contributed by atoms with van der Waals surface area (Å²) >= 11 is 0. The van der Waals surface area contributed by atoms with E-state index in [9.17, 15) is 5.11 Å². The van der Waals surface area contributed by atoms with E-state index in [4.69, 9.17) is 15.6 Å². The van der Waals surface area contributed by atoms with Gasteiger partial charge in [-0.15, -0.1) is 0 Å². The summed E-state index contributed by atoms with van der Waals surface area (Å²) < 4.78 is 5.09. The van der Waals surface area contributed by atoms with Crippen LogP contribution in [0.15, 0.2) is 0 Å². The average Bonchev–Trinajstić information content (AvgIpc) is 1.96. The predicted molar refractivity (Wildman–Crippen MR) is 39.8 cm³/mol. The van der Waals surface area contributed by atoms with Gasteiger partial charge in [0.1, 0.15) is 0 Å². The molecule has 66 valence electrons. The molecule has 0 aromatic heterocycles. The van der Waals surface area contributed by atoms with E-state index in [2.05, 4.69) is 0 Å². The maximum Gasteiger partial charge on any atom is 0.157 e. The number of rotatable bonds is 1. The summed E-state index contributed by atoms with van der Waals surface area (Å²) in [6, 6.07) is -0.358. The predicted octanol–water partition coefficient (Wildman–Crippen LogP) is -0.808. The molecule has 1 aliphatic heterocycles. The molecule has 11 heavy (non-hydrogen) atoms. The Morgan fingerprint density at radius 1 is 1.55 bits per heavy atom. The van der Waals surface area contributed by atoms with Crippen LogP contribution in [0.3, 0.4) is 0 Å². The van der Waals surface area contributed by atoms with E-state index < -0.39 is 12.4 Å². The van der Waals surface area contributed by atoms with Crippen molar-refractivity contribution < 1.29 is 14.9 Å². The molecule has 4 heteroatoms. The maximum atomic E-state index is 9.28. The normalized spacial score (nSPS) is 45.8. The van der Waals surface area contributed by atoms with Gasteiger partial charge >= 0.3 is 0 Å². The Hall–Kier alpha value is -0.160. The summed E-state index contributed by atoms with van der Waals surface area (Å²) in [5.41, 5.74) is 5.61. The van der Waals surface area contributed by atoms with Crippen molar-refractivity contribution in [3.63, 3.8) is 0 Å². The fourth-order valence-electron chi connectivity index (χ4n) is 1.33. The van der Waals surface area contributed by atoms with Crippen LogP contribution in [0.25, 0.3) is 0 Å². The molecular formula is C7H15NO3. The van der Waals surface area contributed by atoms with Gasteiger partial charge in [0.05, 0.1) is 18.2 Å². The van der Waals surface area contributed by atoms with Gasteiger partial charge in [-0.3, -0.25) is 0 Å². The minimum atomic E-state index is -0.852. The number of nitrogens with two attached hydrogens (primary N) is 1. The zero-order valence-corrected chi connectivity index (χ0v) is 6.60. The van der Waals surface area contributed by atoms with Gasteiger partial charge in [-0.05, 0) is 6.42 Å². The Morgan fingerprint density at radius 3 is 2.73 bits per heavy atom. The monoisotopic (exact) mass is 161 g/mol. The van der Waals surface area contributed by atoms with E-state index in [0.29, 0.717) is 0 Å². The van der Waals surface area contributed by atoms with Gasteiger partial charge in [-0.25, -0.2) is 0 Å². The van der Waals surface area contributed by atoms with Gasteiger partial charge in [0.25, 0.3) is 0 Å². The van der Waals surface area contributed by atoms with Crippen LogP contribution in [-0.2, 0) is 4.74 Å². The summed E-state index contributed by atoms with van der Waals surface area (Å²) in [5.74, 6) is 0. The van der Waals surface area contributed by atoms with Crippen LogP contribution in [0.1, 0.15) is 19.8 Å². The molecule has 1 saturated heterocycles. The second-order valence-electron chi connectivity index (χ2n) is 2.92. The molecule has 4 atom stereocenters. The van der Waals surface area contributed by atoms with Crippen molar-refractivity contribution in [3.05, 3.63) is 0 Å². The summed E-state index contributed by atoms with van der Waals surface area (Å²) in [6.07, 6.45) is -0.764. The topological polar surface area (TPSA) is 75.7 Å². The standard InChI is InChI=1S/C7H15NO3/c1-2-5-7(8)4(9)3-6(10)11-5/h4-7,9-10H,2-3,8H2,1H3/t4-,5?,6-,7?/m0/s1. The molecule has 4 N–H and O–H groups in total. The first-order valence-corrected chi connectivity index (χ1v) is 3.92. The molecule has 1 heterocycles. The number of hydrogen-bond donors (Lipinski definition) is 3. The molecule has 1 aliphatic rings. The molecule has 0 amide bonds. The van der Waals surface area contributed by atoms with Gasteiger partial charge in [-0.2, -0.15) is 0 Å². The molecule has 0 aromatic carbocycles. The van der Waals surface area contributed by atoms with Gasteiger partial charge < -0.3 is 20.7 Å². The molecule has 4 nitrogen and oxygen atoms in total. The lowest BCUT2D eigenvalue weighted by atomic mass is 9.98. The van der Waals surface area contributed by atoms with E-state index in [0.717, 1.165) is 6.42 Å². The van der Waals surface area contributed by atoms with Gasteiger partial charge in [0.2, 0.25) is 0 Å². The fourth-order valence-corrected chi connectivity index (χ4v) is 1.33. The summed E-state index contributed by atoms with van der Waals surface area (Å²) in [5, 5.41) is 18.3. The number of hydrogen-bond acceptors (Lipinski definition) is 4. The molecule has 2 unspecified atom stereocenters. The molecule has 0 spiro atoms. The Kier molecular flexibility index (Phi) is 2.84. The van der Waals surface area contributed by atoms with Crippen LogP contribution < -0.4 is 5.73 Å². The Balaban J connectivity index is 2.51. The average molecular weight is 161 g/mol. The molecule has 0 aliphatic carbocycles. The zero-order valence-electron chi connectivity index (χ0n) is 6.60. The van der Waals surface area contributed by atoms with Crippen molar-refractivity contribution >= 4 is 0 Å². The Morgan fingerprint density at radius 2 is 2.18 bits per heavy atom. The summed E-state index contributed by atoms with van der Waals surface area (Å²) in [7, 11) is 0. The highest BCUT2D eigenvalue weighted by Gasteiger charge is 2.33. The lowest BCUT2D eigenvalue weighted by molar-refractivity contribution is -0.197. The fraction of sp³-hybridized carbons (Fsp3) is 1.00. The highest BCUT2D eigenvalue weighted by Crippen LogP contribution is 2.19. The minimum Gasteiger partial charge on any atom is -0.391 e. The van der Waals surface area contributed by atoms with E-state index in [1.54, 1.807) is 0 Å². The molecule has 0 radical (unpaired) electrons. The van der Waals surface area contributed by atoms with Crippen molar-refractivity contribution in [1.29, 1.82) is 0 Å². The van der Waals surface area contributed by atoms with Crippen LogP contribution in [0.2, 0.25) is 0 Å². The zero-order chi connectivity index (χ0) is 8.43. The quantitative estimate of drug-likeness (QED) is 0.470. The van der Waals surface area contributed by atoms with E-state index in [1.165, 1.54) is 0 Å². The Labute approximate surface area is 66.0 Å². The van der Waals surface area contributed by atoms with Crippen molar-refractivity contribution in [2.45, 2.75) is 44.3 Å². The lowest BCUT2D eigenvalue weighted by Gasteiger charge is -2.35. The molecule has 1 rings (SSSR count). The molecule has 1 fully saturated rings. The number of aliphatic hydroxyl groups is 2. The number of ether oxygens (including phenoxy) is 1. The third kappa shape index (κ3) is 1.90. The second kappa shape index (κ2) is 3.49. The summed E-state index contributed by atoms with van der Waals surface area (Å²) in [6.45, 7) is 1.91. The first kappa shape index (κ1) is 8.93. The largest absolute Gasteiger partial charge is 0.391 e. The van der Waals surface area contributed by atoms with Gasteiger partial charge in [-0.1, -0.05) is 6.92 Å². The first-order chi connectivity index (χ1) is 5.15. The number of aliphatic hydroxyl groups excluding tert-OH is 2. The van der Waals surface area contributed by atoms with Crippen molar-refractivity contribution in [2.75, 3.05) is 0 Å². The van der Waals surface area contributed by atoms with E-state index >= 15 is 0 Å². The van der Waals surface area contributed by atoms with Crippen molar-refractivity contribution in [2.24, 2.45) is 5.73 Å². The van der Waals surface area contributed by atoms with Gasteiger partial charge in [0, 0.05) is 6.42 Å². The van der Waals surface area contributed by atoms with E-state index in [1.807, 2.05) is 6.92 Å². The first-order valence-electron chi connectivity index (χ1n) is 3.92. The highest BCUT2D eigenvalue weighted by molar-refractivity contribution is 4.84. The maximum absolute atomic E-state index is 9.28. The minimum absolute atomic E-state index is 0.214. The van der Waals surface area contributed by atoms with Crippen molar-refractivity contribution in [1.82, 2.24) is 0 Å². The Bertz CT molecular complexity index is 131. The second-order valence-corrected chi connectivity index (χ2v) is 2.92. The van der Waals surface area contributed by atoms with Crippen LogP contribution in [0, 0.1) is 0 Å². The molecule has 0 aromatic rings. The SMILES string of the molecule is CCC1O[C@H](O)C[C@H](O)C1N. The third-order valence-electron chi connectivity index (χ3n) is 2.05. The molecule has 0 saturated carbocycles. The van der Waals surface area contributed by atoms with Crippen LogP contribution >= 0.6 is 0 Å². The third-order valence-corrected chi connectivity index (χ3v) is 2.05. The van der Waals surface area contributed by atoms with Crippen LogP contribution in [0.4, 0.5) is 0 Å². The lowest BCUT2D eigenvalue weighted by Crippen LogP contribution is -2.52. The summed E-state index contributed by atoms with van der Waals surface area (Å²) in [4.78, 5) is 0. The van der Waals surface area contributed by atoms with E-state index in [-0.39, 0.29) is 18.6 Å². The molecular weight excluding hydrogens is 146 g/mol. The smallest absolute Gasteiger partial charge is 0.157 e. The highest BCUT2D eigenvalue weighted by atomic mass is 16.6. The van der Waals surface area contributed by atoms with Crippen LogP contribution in [-0.4, -0.2) is 34.8 Å². The molecule has 0 bridgehead atoms. The van der Waals surface area contributed by atoms with Crippen LogP contribution in [0.5, 0.6) is 0 Å². The van der Waals surface area contributed by atoms with Crippen molar-refractivity contribution in [3.8, 4) is 0 Å².